The minimum absolute atomic E-state index is 0.00130. The standard InChI is InChI=1S/C26H24N4O9S.C25H23N5O9S.2C23H18N4O8/c1-14-7-5-6-8-18(14)16(3)36-25(33)27-21-15(2)29-39-19(21)10-9-17-11-20-22(37-17)28-23(38-20)26(24(31)32)12-30(13-26)40(4,34)35;1-13-7-5-6-8-16(13)14(2)36-24(33)27-19-15(3)39-29-17(19)9-10-18-26-20-21(37-18)28-22(38-20)25(23(31)32)11-30(12-25)40(4,34)35;1-12-17(25-22(30)32-13(2)14-6-4-3-5-7-14)15(35-27-12)8-9-16-24-18-19(33-16)26-20(34-18)23(21(28)29)10-31-11-23;1-12(14-6-4-3-5-7-14)32-22(30)25-17-13(2)35-27-15(17)8-9-16-24-18-19(33-16)26-20(34-18)23(21(28)29)10-31-11-23/h5-8,11,16H,12-13H2,1-4H3,(H,27,33)(H,31,32);5-8,14H,11-12H2,1-4H3,(H,27,33)(H,31,32);3-7,13H,10-11H2,1-2H3,(H,25,30)(H,28,29);3-7,12H,10-11H2,1-2H3,(H,25,30)(H,28,29). The Labute approximate surface area is 844 Å². The first-order valence-electron chi connectivity index (χ1n) is 44.7. The number of sulfonamides is 2. The third-order valence-corrected chi connectivity index (χ3v) is 26.2. The van der Waals surface area contributed by atoms with E-state index in [-0.39, 0.29) is 191 Å². The van der Waals surface area contributed by atoms with Gasteiger partial charge in [0.1, 0.15) is 58.6 Å². The minimum Gasteiger partial charge on any atom is -0.480 e. The van der Waals surface area contributed by atoms with Crippen molar-refractivity contribution in [3.63, 3.8) is 0 Å². The molecule has 4 saturated heterocycles. The van der Waals surface area contributed by atoms with Crippen molar-refractivity contribution in [2.24, 2.45) is 0 Å². The van der Waals surface area contributed by atoms with Gasteiger partial charge >= 0.3 is 48.3 Å². The van der Waals surface area contributed by atoms with E-state index in [2.05, 4.69) is 124 Å². The number of fused-ring (bicyclic) bond motifs is 4. The number of aromatic nitrogens is 11. The number of carboxylic acids is 4. The fourth-order valence-electron chi connectivity index (χ4n) is 15.1. The lowest BCUT2D eigenvalue weighted by Crippen LogP contribution is -2.64. The zero-order valence-corrected chi connectivity index (χ0v) is 82.2. The van der Waals surface area contributed by atoms with Gasteiger partial charge in [-0.3, -0.25) is 40.4 Å². The molecule has 0 bridgehead atoms. The van der Waals surface area contributed by atoms with Gasteiger partial charge < -0.3 is 102 Å². The van der Waals surface area contributed by atoms with E-state index in [9.17, 15) is 75.6 Å². The summed E-state index contributed by atoms with van der Waals surface area (Å²) in [5.74, 6) is 16.9. The average molecular weight is 2090 g/mol. The van der Waals surface area contributed by atoms with Crippen molar-refractivity contribution in [2.75, 3.05) is 86.4 Å². The summed E-state index contributed by atoms with van der Waals surface area (Å²) in [6.45, 7) is 15.9. The maximum atomic E-state index is 12.6. The molecule has 0 aliphatic carbocycles. The number of aryl methyl sites for hydroxylation is 6. The van der Waals surface area contributed by atoms with Crippen molar-refractivity contribution in [2.45, 2.75) is 115 Å². The highest BCUT2D eigenvalue weighted by molar-refractivity contribution is 7.88. The van der Waals surface area contributed by atoms with Crippen LogP contribution >= 0.6 is 0 Å². The third kappa shape index (κ3) is 21.5. The summed E-state index contributed by atoms with van der Waals surface area (Å²) < 4.78 is 145. The van der Waals surface area contributed by atoms with E-state index in [4.69, 9.17) is 81.9 Å². The highest BCUT2D eigenvalue weighted by atomic mass is 32.2. The van der Waals surface area contributed by atoms with Crippen LogP contribution in [0.3, 0.4) is 0 Å². The molecule has 4 aliphatic rings. The quantitative estimate of drug-likeness (QED) is 0.0231. The van der Waals surface area contributed by atoms with Gasteiger partial charge in [0.25, 0.3) is 57.7 Å². The van der Waals surface area contributed by atoms with Gasteiger partial charge in [-0.2, -0.15) is 43.5 Å². The zero-order valence-electron chi connectivity index (χ0n) is 80.6. The number of ether oxygens (including phenoxy) is 6. The molecule has 51 nitrogen and oxygen atoms in total. The van der Waals surface area contributed by atoms with Crippen LogP contribution in [-0.2, 0) is 89.3 Å². The second-order valence-corrected chi connectivity index (χ2v) is 38.4. The smallest absolute Gasteiger partial charge is 0.412 e. The average Bonchev–Trinajstić information content (AvgIpc) is 1.44. The van der Waals surface area contributed by atoms with Crippen LogP contribution in [-0.4, -0.2) is 215 Å². The Morgan fingerprint density at radius 1 is 0.360 bits per heavy atom. The number of rotatable bonds is 22. The van der Waals surface area contributed by atoms with Crippen molar-refractivity contribution < 1.29 is 157 Å². The van der Waals surface area contributed by atoms with Crippen LogP contribution in [0.5, 0.6) is 0 Å². The number of benzene rings is 4. The number of carbonyl (C=O) groups is 8. The number of aliphatic carboxylic acids is 4. The molecule has 16 aromatic rings. The largest absolute Gasteiger partial charge is 0.480 e. The van der Waals surface area contributed by atoms with E-state index in [0.717, 1.165) is 54.5 Å². The van der Waals surface area contributed by atoms with Gasteiger partial charge in [0.15, 0.2) is 55.9 Å². The zero-order chi connectivity index (χ0) is 107. The number of anilines is 4. The molecule has 4 unspecified atom stereocenters. The Kier molecular flexibility index (Phi) is 28.5. The fourth-order valence-corrected chi connectivity index (χ4v) is 16.9. The Morgan fingerprint density at radius 2 is 0.680 bits per heavy atom. The lowest BCUT2D eigenvalue weighted by Gasteiger charge is -2.42. The van der Waals surface area contributed by atoms with Crippen LogP contribution in [0.1, 0.15) is 178 Å². The second kappa shape index (κ2) is 41.5. The van der Waals surface area contributed by atoms with Crippen LogP contribution < -0.4 is 21.3 Å². The highest BCUT2D eigenvalue weighted by Crippen LogP contribution is 2.43. The van der Waals surface area contributed by atoms with Gasteiger partial charge in [-0.25, -0.2) is 36.0 Å². The molecule has 4 amide bonds. The maximum absolute atomic E-state index is 12.6. The van der Waals surface area contributed by atoms with E-state index in [1.54, 1.807) is 55.4 Å². The number of hydrogen-bond donors (Lipinski definition) is 8. The van der Waals surface area contributed by atoms with Gasteiger partial charge in [0, 0.05) is 50.0 Å². The molecule has 772 valence electrons. The van der Waals surface area contributed by atoms with Gasteiger partial charge in [-0.15, -0.1) is 0 Å². The molecule has 53 heteroatoms. The number of furan rings is 1. The summed E-state index contributed by atoms with van der Waals surface area (Å²) in [6.07, 6.45) is -2.82. The second-order valence-electron chi connectivity index (χ2n) is 34.4. The van der Waals surface area contributed by atoms with Crippen LogP contribution in [0.25, 0.3) is 45.6 Å². The van der Waals surface area contributed by atoms with Gasteiger partial charge in [0.05, 0.1) is 38.9 Å². The first-order valence-corrected chi connectivity index (χ1v) is 48.4. The highest BCUT2D eigenvalue weighted by Gasteiger charge is 2.60. The lowest BCUT2D eigenvalue weighted by atomic mass is 9.81. The van der Waals surface area contributed by atoms with Gasteiger partial charge in [0.2, 0.25) is 55.1 Å². The SMILES string of the molecule is Cc1ccccc1C(C)OC(=O)Nc1c(C#Cc2nc3oc(C4(C(=O)O)CN(S(C)(=O)=O)C4)nc3o2)noc1C.Cc1ccccc1C(C)OC(=O)Nc1c(C)noc1C#Cc1cc2oc(C3(C(=O)O)CN(S(C)(=O)=O)C3)nc2o1.Cc1noc(C#Cc2nc3oc(C4(C(=O)O)COC4)nc3o2)c1NC(=O)OC(C)c1ccccc1.Cc1onc(C#Cc2nc3oc(C4(C(=O)O)COC4)nc3o2)c1NC(=O)OC(C)c1ccccc1. The van der Waals surface area contributed by atoms with Gasteiger partial charge in [-0.05, 0) is 132 Å². The number of nitrogens with one attached hydrogen (secondary N) is 4. The summed E-state index contributed by atoms with van der Waals surface area (Å²) in [4.78, 5) is 125. The lowest BCUT2D eigenvalue weighted by molar-refractivity contribution is -0.166. The molecule has 4 aliphatic heterocycles. The summed E-state index contributed by atoms with van der Waals surface area (Å²) in [7, 11) is -7.13. The van der Waals surface area contributed by atoms with Crippen LogP contribution in [0.4, 0.5) is 41.9 Å². The van der Waals surface area contributed by atoms with Crippen LogP contribution in [0.15, 0.2) is 169 Å². The topological polar surface area (TPSA) is 695 Å². The Balaban J connectivity index is 0.000000136. The predicted molar refractivity (Wildman–Crippen MR) is 508 cm³/mol. The first kappa shape index (κ1) is 103. The number of carbonyl (C=O) groups excluding carboxylic acids is 4. The molecular formula is C97H83N17O34S2. The molecule has 4 fully saturated rings. The van der Waals surface area contributed by atoms with Gasteiger partial charge in [-0.1, -0.05) is 130 Å². The molecule has 0 saturated carbocycles. The number of carboxylic acid groups (broad SMARTS) is 4. The van der Waals surface area contributed by atoms with E-state index in [1.165, 1.54) is 6.07 Å². The third-order valence-electron chi connectivity index (χ3n) is 23.9. The van der Waals surface area contributed by atoms with Crippen LogP contribution in [0.2, 0.25) is 0 Å². The van der Waals surface area contributed by atoms with Crippen molar-refractivity contribution in [3.8, 4) is 47.4 Å². The summed E-state index contributed by atoms with van der Waals surface area (Å²) in [5.41, 5.74) is 1.28. The first-order chi connectivity index (χ1) is 71.4. The molecule has 8 N–H and O–H groups in total. The van der Waals surface area contributed by atoms with E-state index >= 15 is 0 Å². The van der Waals surface area contributed by atoms with E-state index in [1.807, 2.05) is 123 Å². The molecule has 150 heavy (non-hydrogen) atoms. The number of amides is 4. The Bertz CT molecular complexity index is 7880. The summed E-state index contributed by atoms with van der Waals surface area (Å²) >= 11 is 0. The molecule has 20 rings (SSSR count). The summed E-state index contributed by atoms with van der Waals surface area (Å²) in [6, 6.07) is 35.1. The van der Waals surface area contributed by atoms with E-state index in [0.29, 0.717) is 22.9 Å². The van der Waals surface area contributed by atoms with Crippen molar-refractivity contribution in [3.05, 3.63) is 241 Å². The molecule has 12 aromatic heterocycles. The maximum Gasteiger partial charge on any atom is 0.412 e. The minimum atomic E-state index is -3.57. The van der Waals surface area contributed by atoms with Crippen molar-refractivity contribution in [1.29, 1.82) is 0 Å². The molecular weight excluding hydrogens is 2010 g/mol. The number of hydrogen-bond acceptors (Lipinski definition) is 41. The van der Waals surface area contributed by atoms with E-state index < -0.39 is 114 Å². The van der Waals surface area contributed by atoms with Crippen molar-refractivity contribution in [1.82, 2.24) is 64.1 Å². The molecule has 4 aromatic carbocycles. The van der Waals surface area contributed by atoms with Crippen molar-refractivity contribution >= 4 is 137 Å². The molecule has 16 heterocycles. The number of nitrogens with zero attached hydrogens (tertiary/aromatic N) is 13. The Morgan fingerprint density at radius 3 is 1.02 bits per heavy atom. The summed E-state index contributed by atoms with van der Waals surface area (Å²) in [5, 5.41) is 64.1. The monoisotopic (exact) mass is 2090 g/mol. The normalized spacial score (nSPS) is 15.3. The predicted octanol–water partition coefficient (Wildman–Crippen LogP) is 12.4. The fraction of sp³-hybridized carbons (Fsp3) is 0.289. The van der Waals surface area contributed by atoms with Crippen LogP contribution in [0, 0.1) is 88.9 Å². The Hall–Kier alpha value is -18.5. The molecule has 4 atom stereocenters. The molecule has 0 spiro atoms. The molecule has 0 radical (unpaired) electrons. The number of oxazole rings is 7.